The maximum Gasteiger partial charge on any atom is 0.343 e. The van der Waals surface area contributed by atoms with Crippen LogP contribution >= 0.6 is 0 Å². The van der Waals surface area contributed by atoms with E-state index >= 15 is 0 Å². The van der Waals surface area contributed by atoms with E-state index in [4.69, 9.17) is 4.74 Å². The number of hydrogen-bond acceptors (Lipinski definition) is 3. The van der Waals surface area contributed by atoms with Crippen molar-refractivity contribution in [1.29, 1.82) is 0 Å². The lowest BCUT2D eigenvalue weighted by molar-refractivity contribution is -0.119. The molecule has 0 saturated carbocycles. The fraction of sp³-hybridized carbons (Fsp3) is 0.176. The van der Waals surface area contributed by atoms with E-state index in [0.717, 1.165) is 11.1 Å². The molecule has 2 aromatic rings. The van der Waals surface area contributed by atoms with E-state index in [-0.39, 0.29) is 5.91 Å². The van der Waals surface area contributed by atoms with Crippen molar-refractivity contribution >= 4 is 11.9 Å². The molecule has 1 N–H and O–H groups in total. The molecule has 0 aliphatic heterocycles. The van der Waals surface area contributed by atoms with Gasteiger partial charge in [-0.15, -0.1) is 0 Å². The highest BCUT2D eigenvalue weighted by atomic mass is 16.5. The number of esters is 1. The summed E-state index contributed by atoms with van der Waals surface area (Å²) < 4.78 is 5.31. The van der Waals surface area contributed by atoms with Gasteiger partial charge in [0.1, 0.15) is 5.75 Å². The first-order chi connectivity index (χ1) is 10.0. The minimum atomic E-state index is -0.397. The maximum atomic E-state index is 12.0. The monoisotopic (exact) mass is 283 g/mol. The Morgan fingerprint density at radius 2 is 1.81 bits per heavy atom. The van der Waals surface area contributed by atoms with Gasteiger partial charge >= 0.3 is 5.97 Å². The van der Waals surface area contributed by atoms with Crippen molar-refractivity contribution in [2.75, 3.05) is 0 Å². The van der Waals surface area contributed by atoms with Crippen molar-refractivity contribution in [3.63, 3.8) is 0 Å². The van der Waals surface area contributed by atoms with E-state index in [1.165, 1.54) is 6.92 Å². The number of nitrogens with one attached hydrogen (secondary N) is 1. The highest BCUT2D eigenvalue weighted by Crippen LogP contribution is 2.15. The standard InChI is InChI=1S/C17H17NO3/c1-12-4-3-5-16(10-12)21-17(20)15-8-6-14(7-9-15)11-18-13(2)19/h3-10H,11H2,1-2H3,(H,18,19). The Bertz CT molecular complexity index is 647. The number of rotatable bonds is 4. The molecule has 108 valence electrons. The van der Waals surface area contributed by atoms with Gasteiger partial charge in [-0.3, -0.25) is 4.79 Å². The van der Waals surface area contributed by atoms with Crippen molar-refractivity contribution in [3.8, 4) is 5.75 Å². The molecule has 2 aromatic carbocycles. The van der Waals surface area contributed by atoms with E-state index in [9.17, 15) is 9.59 Å². The number of carbonyl (C=O) groups is 2. The Labute approximate surface area is 123 Å². The van der Waals surface area contributed by atoms with Gasteiger partial charge in [-0.1, -0.05) is 24.3 Å². The first-order valence-electron chi connectivity index (χ1n) is 6.67. The molecule has 1 amide bonds. The highest BCUT2D eigenvalue weighted by molar-refractivity contribution is 5.91. The third-order valence-electron chi connectivity index (χ3n) is 2.93. The SMILES string of the molecule is CC(=O)NCc1ccc(C(=O)Oc2cccc(C)c2)cc1. The molecule has 0 aliphatic carbocycles. The van der Waals surface area contributed by atoms with Gasteiger partial charge < -0.3 is 10.1 Å². The van der Waals surface area contributed by atoms with E-state index in [1.807, 2.05) is 25.1 Å². The highest BCUT2D eigenvalue weighted by Gasteiger charge is 2.08. The molecule has 0 radical (unpaired) electrons. The van der Waals surface area contributed by atoms with Crippen LogP contribution in [0.25, 0.3) is 0 Å². The van der Waals surface area contributed by atoms with E-state index in [1.54, 1.807) is 30.3 Å². The lowest BCUT2D eigenvalue weighted by Gasteiger charge is -2.06. The Kier molecular flexibility index (Phi) is 4.72. The van der Waals surface area contributed by atoms with Gasteiger partial charge in [-0.25, -0.2) is 4.79 Å². The number of ether oxygens (including phenoxy) is 1. The van der Waals surface area contributed by atoms with Crippen LogP contribution in [0.1, 0.15) is 28.4 Å². The normalized spacial score (nSPS) is 10.0. The van der Waals surface area contributed by atoms with Gasteiger partial charge in [-0.05, 0) is 42.3 Å². The van der Waals surface area contributed by atoms with Gasteiger partial charge in [0.2, 0.25) is 5.91 Å². The van der Waals surface area contributed by atoms with Gasteiger partial charge in [0.15, 0.2) is 0 Å². The van der Waals surface area contributed by atoms with Crippen molar-refractivity contribution in [2.24, 2.45) is 0 Å². The molecular formula is C17H17NO3. The Morgan fingerprint density at radius 3 is 2.43 bits per heavy atom. The smallest absolute Gasteiger partial charge is 0.343 e. The van der Waals surface area contributed by atoms with Crippen LogP contribution in [0.2, 0.25) is 0 Å². The summed E-state index contributed by atoms with van der Waals surface area (Å²) in [6, 6.07) is 14.3. The summed E-state index contributed by atoms with van der Waals surface area (Å²) in [7, 11) is 0. The van der Waals surface area contributed by atoms with Crippen molar-refractivity contribution < 1.29 is 14.3 Å². The lowest BCUT2D eigenvalue weighted by atomic mass is 10.1. The number of benzene rings is 2. The van der Waals surface area contributed by atoms with Crippen molar-refractivity contribution in [1.82, 2.24) is 5.32 Å². The quantitative estimate of drug-likeness (QED) is 0.693. The predicted molar refractivity (Wildman–Crippen MR) is 80.1 cm³/mol. The molecule has 21 heavy (non-hydrogen) atoms. The number of aryl methyl sites for hydroxylation is 1. The van der Waals surface area contributed by atoms with Gasteiger partial charge in [0.05, 0.1) is 5.56 Å². The zero-order chi connectivity index (χ0) is 15.2. The Balaban J connectivity index is 2.01. The van der Waals surface area contributed by atoms with Crippen molar-refractivity contribution in [3.05, 3.63) is 65.2 Å². The summed E-state index contributed by atoms with van der Waals surface area (Å²) in [4.78, 5) is 22.8. The third kappa shape index (κ3) is 4.45. The van der Waals surface area contributed by atoms with Gasteiger partial charge in [0.25, 0.3) is 0 Å². The fourth-order valence-corrected chi connectivity index (χ4v) is 1.83. The second-order valence-electron chi connectivity index (χ2n) is 4.81. The number of amides is 1. The predicted octanol–water partition coefficient (Wildman–Crippen LogP) is 2.85. The molecule has 0 heterocycles. The zero-order valence-electron chi connectivity index (χ0n) is 12.1. The second kappa shape index (κ2) is 6.70. The summed E-state index contributed by atoms with van der Waals surface area (Å²) in [6.45, 7) is 3.85. The Morgan fingerprint density at radius 1 is 1.10 bits per heavy atom. The summed E-state index contributed by atoms with van der Waals surface area (Å²) in [5.41, 5.74) is 2.44. The first-order valence-corrected chi connectivity index (χ1v) is 6.67. The minimum Gasteiger partial charge on any atom is -0.423 e. The summed E-state index contributed by atoms with van der Waals surface area (Å²) in [6.07, 6.45) is 0. The molecule has 0 fully saturated rings. The molecule has 4 heteroatoms. The van der Waals surface area contributed by atoms with E-state index in [2.05, 4.69) is 5.32 Å². The van der Waals surface area contributed by atoms with Crippen LogP contribution in [-0.4, -0.2) is 11.9 Å². The van der Waals surface area contributed by atoms with Gasteiger partial charge in [0, 0.05) is 13.5 Å². The lowest BCUT2D eigenvalue weighted by Crippen LogP contribution is -2.18. The molecule has 0 spiro atoms. The molecule has 0 aliphatic rings. The zero-order valence-corrected chi connectivity index (χ0v) is 12.1. The molecule has 0 atom stereocenters. The van der Waals surface area contributed by atoms with Crippen LogP contribution in [0.5, 0.6) is 5.75 Å². The van der Waals surface area contributed by atoms with E-state index < -0.39 is 5.97 Å². The molecule has 0 bridgehead atoms. The third-order valence-corrected chi connectivity index (χ3v) is 2.93. The average Bonchev–Trinajstić information content (AvgIpc) is 2.45. The van der Waals surface area contributed by atoms with Crippen LogP contribution in [0.4, 0.5) is 0 Å². The summed E-state index contributed by atoms with van der Waals surface area (Å²) in [5, 5.41) is 2.70. The topological polar surface area (TPSA) is 55.4 Å². The second-order valence-corrected chi connectivity index (χ2v) is 4.81. The maximum absolute atomic E-state index is 12.0. The van der Waals surface area contributed by atoms with Crippen LogP contribution in [-0.2, 0) is 11.3 Å². The van der Waals surface area contributed by atoms with Crippen LogP contribution in [0.15, 0.2) is 48.5 Å². The van der Waals surface area contributed by atoms with Crippen LogP contribution < -0.4 is 10.1 Å². The summed E-state index contributed by atoms with van der Waals surface area (Å²) in [5.74, 6) is 0.0481. The number of hydrogen-bond donors (Lipinski definition) is 1. The van der Waals surface area contributed by atoms with Crippen LogP contribution in [0, 0.1) is 6.92 Å². The van der Waals surface area contributed by atoms with E-state index in [0.29, 0.717) is 17.9 Å². The van der Waals surface area contributed by atoms with Crippen LogP contribution in [0.3, 0.4) is 0 Å². The molecule has 0 unspecified atom stereocenters. The molecule has 4 nitrogen and oxygen atoms in total. The number of carbonyl (C=O) groups excluding carboxylic acids is 2. The summed E-state index contributed by atoms with van der Waals surface area (Å²) >= 11 is 0. The Hall–Kier alpha value is -2.62. The van der Waals surface area contributed by atoms with Gasteiger partial charge in [-0.2, -0.15) is 0 Å². The largest absolute Gasteiger partial charge is 0.423 e. The molecular weight excluding hydrogens is 266 g/mol. The fourth-order valence-electron chi connectivity index (χ4n) is 1.83. The van der Waals surface area contributed by atoms with Crippen molar-refractivity contribution in [2.45, 2.75) is 20.4 Å². The molecule has 0 saturated heterocycles. The first kappa shape index (κ1) is 14.8. The molecule has 2 rings (SSSR count). The minimum absolute atomic E-state index is 0.0852. The average molecular weight is 283 g/mol. The molecule has 0 aromatic heterocycles.